The van der Waals surface area contributed by atoms with Gasteiger partial charge < -0.3 is 0 Å². The number of rotatable bonds is 13. The average Bonchev–Trinajstić information content (AvgIpc) is 2.82. The Labute approximate surface area is 192 Å². The summed E-state index contributed by atoms with van der Waals surface area (Å²) in [6.07, 6.45) is 22.7. The summed E-state index contributed by atoms with van der Waals surface area (Å²) < 4.78 is 0. The molecule has 1 aliphatic carbocycles. The van der Waals surface area contributed by atoms with Crippen molar-refractivity contribution in [1.82, 2.24) is 4.98 Å². The third kappa shape index (κ3) is 8.09. The first kappa shape index (κ1) is 24.0. The van der Waals surface area contributed by atoms with Crippen molar-refractivity contribution < 1.29 is 0 Å². The maximum absolute atomic E-state index is 4.89. The van der Waals surface area contributed by atoms with E-state index in [1.807, 2.05) is 0 Å². The van der Waals surface area contributed by atoms with Gasteiger partial charge in [0, 0.05) is 23.4 Å². The smallest absolute Gasteiger partial charge is 0.0434 e. The fourth-order valence-electron chi connectivity index (χ4n) is 5.22. The standard InChI is InChI=1S/C30H45N/c1-3-5-7-8-9-11-13-26-16-20-28(21-17-26)30-23-22-29(24-31-30)27-18-14-25(15-19-27)12-10-6-4-2/h14-15,18-19,22-24,26,28H,3-13,16-17,20-21H2,1-2H3. The molecule has 1 saturated carbocycles. The molecule has 0 atom stereocenters. The van der Waals surface area contributed by atoms with Crippen LogP contribution in [-0.4, -0.2) is 4.98 Å². The normalized spacial score (nSPS) is 18.9. The molecule has 0 spiro atoms. The Morgan fingerprint density at radius 3 is 2.00 bits per heavy atom. The van der Waals surface area contributed by atoms with Gasteiger partial charge in [-0.15, -0.1) is 0 Å². The summed E-state index contributed by atoms with van der Waals surface area (Å²) in [5.74, 6) is 1.65. The molecule has 0 amide bonds. The minimum absolute atomic E-state index is 0.677. The van der Waals surface area contributed by atoms with Crippen LogP contribution in [0.1, 0.15) is 121 Å². The lowest BCUT2D eigenvalue weighted by atomic mass is 9.78. The number of aromatic nitrogens is 1. The van der Waals surface area contributed by atoms with Gasteiger partial charge in [0.15, 0.2) is 0 Å². The molecule has 1 fully saturated rings. The van der Waals surface area contributed by atoms with Crippen LogP contribution in [0.15, 0.2) is 42.6 Å². The van der Waals surface area contributed by atoms with E-state index in [9.17, 15) is 0 Å². The molecule has 170 valence electrons. The van der Waals surface area contributed by atoms with Gasteiger partial charge in [0.2, 0.25) is 0 Å². The van der Waals surface area contributed by atoms with E-state index in [-0.39, 0.29) is 0 Å². The van der Waals surface area contributed by atoms with E-state index >= 15 is 0 Å². The topological polar surface area (TPSA) is 12.9 Å². The predicted molar refractivity (Wildman–Crippen MR) is 136 cm³/mol. The largest absolute Gasteiger partial charge is 0.260 e. The zero-order chi connectivity index (χ0) is 21.7. The van der Waals surface area contributed by atoms with Gasteiger partial charge in [0.25, 0.3) is 0 Å². The maximum Gasteiger partial charge on any atom is 0.0434 e. The van der Waals surface area contributed by atoms with Crippen LogP contribution >= 0.6 is 0 Å². The molecule has 0 bridgehead atoms. The van der Waals surface area contributed by atoms with Crippen molar-refractivity contribution in [1.29, 1.82) is 0 Å². The molecule has 3 rings (SSSR count). The molecule has 0 N–H and O–H groups in total. The fraction of sp³-hybridized carbons (Fsp3) is 0.633. The highest BCUT2D eigenvalue weighted by atomic mass is 14.7. The zero-order valence-electron chi connectivity index (χ0n) is 20.2. The number of aryl methyl sites for hydroxylation is 1. The van der Waals surface area contributed by atoms with Crippen molar-refractivity contribution >= 4 is 0 Å². The Morgan fingerprint density at radius 2 is 1.32 bits per heavy atom. The van der Waals surface area contributed by atoms with E-state index in [1.165, 1.54) is 119 Å². The summed E-state index contributed by atoms with van der Waals surface area (Å²) in [7, 11) is 0. The molecule has 0 unspecified atom stereocenters. The molecule has 1 aromatic heterocycles. The van der Waals surface area contributed by atoms with Crippen LogP contribution in [0.3, 0.4) is 0 Å². The van der Waals surface area contributed by atoms with Crippen LogP contribution in [0, 0.1) is 5.92 Å². The molecule has 1 heteroatoms. The molecule has 1 heterocycles. The lowest BCUT2D eigenvalue weighted by Gasteiger charge is -2.28. The lowest BCUT2D eigenvalue weighted by molar-refractivity contribution is 0.299. The van der Waals surface area contributed by atoms with Gasteiger partial charge in [-0.1, -0.05) is 102 Å². The predicted octanol–water partition coefficient (Wildman–Crippen LogP) is 9.51. The highest BCUT2D eigenvalue weighted by Crippen LogP contribution is 2.37. The molecule has 1 aromatic carbocycles. The Hall–Kier alpha value is -1.63. The first-order valence-corrected chi connectivity index (χ1v) is 13.4. The Kier molecular flexibility index (Phi) is 10.6. The number of unbranched alkanes of at least 4 members (excludes halogenated alkanes) is 7. The lowest BCUT2D eigenvalue weighted by Crippen LogP contribution is -2.14. The van der Waals surface area contributed by atoms with Crippen LogP contribution in [0.4, 0.5) is 0 Å². The Balaban J connectivity index is 1.41. The van der Waals surface area contributed by atoms with E-state index < -0.39 is 0 Å². The van der Waals surface area contributed by atoms with E-state index in [0.29, 0.717) is 5.92 Å². The van der Waals surface area contributed by atoms with Gasteiger partial charge in [-0.25, -0.2) is 0 Å². The zero-order valence-corrected chi connectivity index (χ0v) is 20.2. The fourth-order valence-corrected chi connectivity index (χ4v) is 5.22. The minimum atomic E-state index is 0.677. The summed E-state index contributed by atoms with van der Waals surface area (Å²) in [6.45, 7) is 4.56. The molecular weight excluding hydrogens is 374 g/mol. The van der Waals surface area contributed by atoms with Gasteiger partial charge in [-0.05, 0) is 61.6 Å². The molecule has 1 nitrogen and oxygen atoms in total. The van der Waals surface area contributed by atoms with E-state index in [4.69, 9.17) is 4.98 Å². The number of benzene rings is 1. The van der Waals surface area contributed by atoms with E-state index in [0.717, 1.165) is 5.92 Å². The average molecular weight is 420 g/mol. The van der Waals surface area contributed by atoms with Gasteiger partial charge in [0.1, 0.15) is 0 Å². The van der Waals surface area contributed by atoms with Crippen molar-refractivity contribution in [2.24, 2.45) is 5.92 Å². The second-order valence-electron chi connectivity index (χ2n) is 9.90. The quantitative estimate of drug-likeness (QED) is 0.294. The molecule has 0 aliphatic heterocycles. The summed E-state index contributed by atoms with van der Waals surface area (Å²) in [6, 6.07) is 13.7. The third-order valence-electron chi connectivity index (χ3n) is 7.37. The number of nitrogens with zero attached hydrogens (tertiary/aromatic N) is 1. The molecule has 0 saturated heterocycles. The molecule has 2 aromatic rings. The number of hydrogen-bond acceptors (Lipinski definition) is 1. The van der Waals surface area contributed by atoms with E-state index in [2.05, 4.69) is 56.4 Å². The Bertz CT molecular complexity index is 707. The maximum atomic E-state index is 4.89. The summed E-state index contributed by atoms with van der Waals surface area (Å²) >= 11 is 0. The molecule has 1 aliphatic rings. The van der Waals surface area contributed by atoms with Crippen molar-refractivity contribution in [3.8, 4) is 11.1 Å². The van der Waals surface area contributed by atoms with Crippen LogP contribution in [0.2, 0.25) is 0 Å². The summed E-state index contributed by atoms with van der Waals surface area (Å²) in [5, 5.41) is 0. The van der Waals surface area contributed by atoms with Crippen LogP contribution in [0.25, 0.3) is 11.1 Å². The van der Waals surface area contributed by atoms with Crippen molar-refractivity contribution in [3.05, 3.63) is 53.9 Å². The molecular formula is C30H45N. The van der Waals surface area contributed by atoms with E-state index in [1.54, 1.807) is 0 Å². The van der Waals surface area contributed by atoms with Gasteiger partial charge in [-0.3, -0.25) is 4.98 Å². The highest BCUT2D eigenvalue weighted by molar-refractivity contribution is 5.62. The van der Waals surface area contributed by atoms with Gasteiger partial charge in [-0.2, -0.15) is 0 Å². The summed E-state index contributed by atoms with van der Waals surface area (Å²) in [4.78, 5) is 4.89. The second-order valence-corrected chi connectivity index (χ2v) is 9.90. The molecule has 0 radical (unpaired) electrons. The van der Waals surface area contributed by atoms with Gasteiger partial charge in [0.05, 0.1) is 0 Å². The number of pyridine rings is 1. The second kappa shape index (κ2) is 13.7. The van der Waals surface area contributed by atoms with Crippen LogP contribution in [-0.2, 0) is 6.42 Å². The van der Waals surface area contributed by atoms with Gasteiger partial charge >= 0.3 is 0 Å². The number of hydrogen-bond donors (Lipinski definition) is 0. The summed E-state index contributed by atoms with van der Waals surface area (Å²) in [5.41, 5.74) is 5.32. The van der Waals surface area contributed by atoms with Crippen molar-refractivity contribution in [2.75, 3.05) is 0 Å². The third-order valence-corrected chi connectivity index (χ3v) is 7.37. The van der Waals surface area contributed by atoms with Crippen molar-refractivity contribution in [3.63, 3.8) is 0 Å². The minimum Gasteiger partial charge on any atom is -0.260 e. The molecule has 31 heavy (non-hydrogen) atoms. The van der Waals surface area contributed by atoms with Crippen molar-refractivity contribution in [2.45, 2.75) is 116 Å². The highest BCUT2D eigenvalue weighted by Gasteiger charge is 2.22. The monoisotopic (exact) mass is 419 g/mol. The van der Waals surface area contributed by atoms with Crippen LogP contribution in [0.5, 0.6) is 0 Å². The SMILES string of the molecule is CCCCCCCCC1CCC(c2ccc(-c3ccc(CCCCC)cc3)cn2)CC1. The van der Waals surface area contributed by atoms with Crippen LogP contribution < -0.4 is 0 Å². The Morgan fingerprint density at radius 1 is 0.677 bits per heavy atom. The first-order chi connectivity index (χ1) is 15.3. The first-order valence-electron chi connectivity index (χ1n) is 13.4.